The van der Waals surface area contributed by atoms with Crippen LogP contribution in [0.3, 0.4) is 0 Å². The number of hydrogen-bond acceptors (Lipinski definition) is 2. The number of rotatable bonds is 12. The molecule has 0 saturated heterocycles. The van der Waals surface area contributed by atoms with Crippen LogP contribution in [0.2, 0.25) is 10.1 Å². The third-order valence-corrected chi connectivity index (χ3v) is 10.8. The second-order valence-corrected chi connectivity index (χ2v) is 18.0. The molecule has 4 aromatic carbocycles. The van der Waals surface area contributed by atoms with E-state index in [1.54, 1.807) is 0 Å². The third kappa shape index (κ3) is 6.52. The summed E-state index contributed by atoms with van der Waals surface area (Å²) in [7, 11) is -1.62. The molecule has 0 unspecified atom stereocenters. The van der Waals surface area contributed by atoms with Crippen molar-refractivity contribution in [3.63, 3.8) is 0 Å². The Morgan fingerprint density at radius 1 is 0.513 bits per heavy atom. The fourth-order valence-electron chi connectivity index (χ4n) is 6.17. The van der Waals surface area contributed by atoms with Crippen molar-refractivity contribution < 1.29 is 8.85 Å². The minimum absolute atomic E-state index is 0.174. The molecule has 0 atom stereocenters. The molecule has 0 aliphatic heterocycles. The predicted octanol–water partition coefficient (Wildman–Crippen LogP) is 7.04. The van der Waals surface area contributed by atoms with E-state index in [1.165, 1.54) is 33.4 Å². The summed E-state index contributed by atoms with van der Waals surface area (Å²) in [4.78, 5) is 0. The predicted molar refractivity (Wildman–Crippen MR) is 170 cm³/mol. The lowest BCUT2D eigenvalue weighted by molar-refractivity contribution is 0.172. The van der Waals surface area contributed by atoms with E-state index in [9.17, 15) is 0 Å². The van der Waals surface area contributed by atoms with Gasteiger partial charge in [-0.25, -0.2) is 0 Å². The monoisotopic (exact) mass is 550 g/mol. The highest BCUT2D eigenvalue weighted by Gasteiger charge is 2.44. The highest BCUT2D eigenvalue weighted by Crippen LogP contribution is 2.49. The molecular weight excluding hydrogens is 509 g/mol. The van der Waals surface area contributed by atoms with Gasteiger partial charge in [0.25, 0.3) is 0 Å². The van der Waals surface area contributed by atoms with Crippen molar-refractivity contribution in [2.24, 2.45) is 0 Å². The Labute approximate surface area is 239 Å². The second kappa shape index (κ2) is 11.8. The van der Waals surface area contributed by atoms with E-state index in [-0.39, 0.29) is 15.5 Å². The second-order valence-electron chi connectivity index (χ2n) is 12.8. The lowest BCUT2D eigenvalue weighted by Crippen LogP contribution is -2.39. The van der Waals surface area contributed by atoms with Gasteiger partial charge in [-0.15, -0.1) is 0 Å². The molecule has 4 heteroatoms. The maximum absolute atomic E-state index is 6.82. The van der Waals surface area contributed by atoms with Gasteiger partial charge in [0.1, 0.15) is 0 Å². The molecule has 0 N–H and O–H groups in total. The van der Waals surface area contributed by atoms with Crippen LogP contribution in [0.4, 0.5) is 0 Å². The summed E-state index contributed by atoms with van der Waals surface area (Å²) in [5.41, 5.74) is 7.89. The normalized spacial score (nSPS) is 14.8. The summed E-state index contributed by atoms with van der Waals surface area (Å²) in [6, 6.07) is 39.4. The maximum Gasteiger partial charge on any atom is 0.167 e. The van der Waals surface area contributed by atoms with E-state index in [2.05, 4.69) is 137 Å². The molecule has 1 aliphatic carbocycles. The standard InChI is InChI=1S/C35H42O2Si2/c1-33(2,23-27-15-7-5-8-16-27)38-36-25-35(26-37-39-34(3,4)24-28-17-9-6-10-18-28)31-21-13-11-19-29(31)30-20-12-14-22-32(30)35/h5-22H,23-26,38-39H2,1-4H3. The SMILES string of the molecule is CC(C)(Cc1ccccc1)[SiH2]OCC1(CO[SiH2]C(C)(C)Cc2ccccc2)c2ccccc2-c2ccccc21. The Kier molecular flexibility index (Phi) is 8.39. The molecule has 39 heavy (non-hydrogen) atoms. The fourth-order valence-corrected chi connectivity index (χ4v) is 8.96. The molecule has 0 aromatic heterocycles. The zero-order valence-corrected chi connectivity index (χ0v) is 26.8. The lowest BCUT2D eigenvalue weighted by atomic mass is 9.80. The van der Waals surface area contributed by atoms with Gasteiger partial charge < -0.3 is 8.85 Å². The van der Waals surface area contributed by atoms with Crippen LogP contribution in [0.15, 0.2) is 109 Å². The Bertz CT molecular complexity index is 1260. The van der Waals surface area contributed by atoms with Crippen LogP contribution in [-0.4, -0.2) is 32.7 Å². The Balaban J connectivity index is 1.36. The zero-order chi connectivity index (χ0) is 27.3. The molecule has 0 amide bonds. The van der Waals surface area contributed by atoms with E-state index in [0.29, 0.717) is 13.2 Å². The van der Waals surface area contributed by atoms with Crippen molar-refractivity contribution in [3.8, 4) is 11.1 Å². The molecular formula is C35H42O2Si2. The van der Waals surface area contributed by atoms with Crippen LogP contribution in [0, 0.1) is 0 Å². The topological polar surface area (TPSA) is 18.5 Å². The first kappa shape index (κ1) is 27.8. The van der Waals surface area contributed by atoms with Gasteiger partial charge in [-0.3, -0.25) is 0 Å². The first-order valence-electron chi connectivity index (χ1n) is 14.2. The van der Waals surface area contributed by atoms with Crippen LogP contribution in [0.25, 0.3) is 11.1 Å². The van der Waals surface area contributed by atoms with Gasteiger partial charge in [-0.1, -0.05) is 137 Å². The van der Waals surface area contributed by atoms with Gasteiger partial charge in [-0.05, 0) is 56.3 Å². The van der Waals surface area contributed by atoms with Gasteiger partial charge in [0.05, 0.1) is 5.41 Å². The Hall–Kier alpha value is -2.77. The lowest BCUT2D eigenvalue weighted by Gasteiger charge is -2.35. The van der Waals surface area contributed by atoms with E-state index < -0.39 is 19.5 Å². The molecule has 0 spiro atoms. The van der Waals surface area contributed by atoms with E-state index in [4.69, 9.17) is 8.85 Å². The summed E-state index contributed by atoms with van der Waals surface area (Å²) >= 11 is 0. The van der Waals surface area contributed by atoms with Crippen LogP contribution in [0.5, 0.6) is 0 Å². The average Bonchev–Trinajstić information content (AvgIpc) is 3.19. The zero-order valence-electron chi connectivity index (χ0n) is 24.0. The van der Waals surface area contributed by atoms with E-state index >= 15 is 0 Å². The minimum Gasteiger partial charge on any atom is -0.422 e. The van der Waals surface area contributed by atoms with Crippen molar-refractivity contribution in [3.05, 3.63) is 131 Å². The molecule has 0 heterocycles. The quantitative estimate of drug-likeness (QED) is 0.176. The van der Waals surface area contributed by atoms with Crippen molar-refractivity contribution >= 4 is 19.5 Å². The molecule has 5 rings (SSSR count). The molecule has 0 bridgehead atoms. The highest BCUT2D eigenvalue weighted by molar-refractivity contribution is 6.32. The van der Waals surface area contributed by atoms with Gasteiger partial charge in [-0.2, -0.15) is 0 Å². The number of fused-ring (bicyclic) bond motifs is 3. The summed E-state index contributed by atoms with van der Waals surface area (Å²) in [5, 5.41) is 0.348. The summed E-state index contributed by atoms with van der Waals surface area (Å²) < 4.78 is 13.6. The van der Waals surface area contributed by atoms with Crippen LogP contribution >= 0.6 is 0 Å². The molecule has 1 aliphatic rings. The van der Waals surface area contributed by atoms with Crippen molar-refractivity contribution in [2.45, 2.75) is 56.0 Å². The molecule has 0 radical (unpaired) electrons. The van der Waals surface area contributed by atoms with Crippen LogP contribution in [0.1, 0.15) is 49.9 Å². The molecule has 0 saturated carbocycles. The smallest absolute Gasteiger partial charge is 0.167 e. The first-order chi connectivity index (χ1) is 18.8. The number of hydrogen-bond donors (Lipinski definition) is 0. The number of benzene rings is 4. The van der Waals surface area contributed by atoms with Gasteiger partial charge in [0.2, 0.25) is 0 Å². The summed E-state index contributed by atoms with van der Waals surface area (Å²) in [6.07, 6.45) is 2.11. The molecule has 4 aromatic rings. The van der Waals surface area contributed by atoms with Crippen molar-refractivity contribution in [1.29, 1.82) is 0 Å². The van der Waals surface area contributed by atoms with Crippen molar-refractivity contribution in [1.82, 2.24) is 0 Å². The van der Waals surface area contributed by atoms with Crippen LogP contribution in [-0.2, 0) is 27.1 Å². The third-order valence-electron chi connectivity index (χ3n) is 7.91. The highest BCUT2D eigenvalue weighted by atomic mass is 28.2. The van der Waals surface area contributed by atoms with Gasteiger partial charge >= 0.3 is 0 Å². The molecule has 2 nitrogen and oxygen atoms in total. The summed E-state index contributed by atoms with van der Waals surface area (Å²) in [6.45, 7) is 10.8. The first-order valence-corrected chi connectivity index (χ1v) is 16.8. The van der Waals surface area contributed by atoms with Crippen LogP contribution < -0.4 is 0 Å². The van der Waals surface area contributed by atoms with E-state index in [0.717, 1.165) is 12.8 Å². The fraction of sp³-hybridized carbons (Fsp3) is 0.314. The molecule has 202 valence electrons. The van der Waals surface area contributed by atoms with Gasteiger partial charge in [0.15, 0.2) is 19.5 Å². The largest absolute Gasteiger partial charge is 0.422 e. The van der Waals surface area contributed by atoms with Gasteiger partial charge in [0, 0.05) is 13.2 Å². The summed E-state index contributed by atoms with van der Waals surface area (Å²) in [5.74, 6) is 0. The average molecular weight is 551 g/mol. The Morgan fingerprint density at radius 3 is 1.28 bits per heavy atom. The van der Waals surface area contributed by atoms with E-state index in [1.807, 2.05) is 0 Å². The minimum atomic E-state index is -0.810. The maximum atomic E-state index is 6.82. The van der Waals surface area contributed by atoms with Crippen molar-refractivity contribution in [2.75, 3.05) is 13.2 Å². The Morgan fingerprint density at radius 2 is 0.872 bits per heavy atom. The molecule has 0 fully saturated rings.